The second-order valence-corrected chi connectivity index (χ2v) is 3.86. The van der Waals surface area contributed by atoms with E-state index in [4.69, 9.17) is 10.5 Å². The highest BCUT2D eigenvalue weighted by Gasteiger charge is 2.31. The second-order valence-electron chi connectivity index (χ2n) is 3.86. The van der Waals surface area contributed by atoms with Crippen LogP contribution in [0, 0.1) is 5.92 Å². The first-order valence-electron chi connectivity index (χ1n) is 5.11. The van der Waals surface area contributed by atoms with Crippen molar-refractivity contribution in [2.24, 2.45) is 11.7 Å². The minimum Gasteiger partial charge on any atom is -0.462 e. The molecular formula is C10H19NO2. The maximum Gasteiger partial charge on any atom is 0.310 e. The first kappa shape index (κ1) is 10.5. The molecule has 3 atom stereocenters. The molecule has 0 heterocycles. The Kier molecular flexibility index (Phi) is 3.72. The molecule has 0 saturated heterocycles. The van der Waals surface area contributed by atoms with Gasteiger partial charge in [0.2, 0.25) is 0 Å². The Morgan fingerprint density at radius 2 is 2.31 bits per heavy atom. The van der Waals surface area contributed by atoms with Crippen LogP contribution < -0.4 is 5.73 Å². The lowest BCUT2D eigenvalue weighted by atomic mass is 10.1. The predicted molar refractivity (Wildman–Crippen MR) is 51.2 cm³/mol. The van der Waals surface area contributed by atoms with Crippen molar-refractivity contribution < 1.29 is 9.53 Å². The molecule has 0 aromatic rings. The summed E-state index contributed by atoms with van der Waals surface area (Å²) in [5.74, 6) is -0.145. The molecule has 1 fully saturated rings. The van der Waals surface area contributed by atoms with Crippen LogP contribution in [-0.4, -0.2) is 18.1 Å². The summed E-state index contributed by atoms with van der Waals surface area (Å²) in [6.07, 6.45) is 3.81. The van der Waals surface area contributed by atoms with E-state index in [0.29, 0.717) is 0 Å². The van der Waals surface area contributed by atoms with Gasteiger partial charge in [0.15, 0.2) is 0 Å². The third-order valence-electron chi connectivity index (χ3n) is 2.76. The van der Waals surface area contributed by atoms with Gasteiger partial charge in [0, 0.05) is 6.04 Å². The van der Waals surface area contributed by atoms with Gasteiger partial charge in [-0.2, -0.15) is 0 Å². The maximum absolute atomic E-state index is 11.5. The monoisotopic (exact) mass is 185 g/mol. The van der Waals surface area contributed by atoms with Crippen LogP contribution in [0.25, 0.3) is 0 Å². The zero-order valence-corrected chi connectivity index (χ0v) is 8.45. The molecule has 0 aromatic carbocycles. The number of nitrogens with two attached hydrogens (primary N) is 1. The molecule has 1 saturated carbocycles. The summed E-state index contributed by atoms with van der Waals surface area (Å²) in [6, 6.07) is 0.0246. The fourth-order valence-corrected chi connectivity index (χ4v) is 1.65. The van der Waals surface area contributed by atoms with Gasteiger partial charge in [0.25, 0.3) is 0 Å². The van der Waals surface area contributed by atoms with Gasteiger partial charge in [-0.05, 0) is 26.2 Å². The fourth-order valence-electron chi connectivity index (χ4n) is 1.65. The van der Waals surface area contributed by atoms with Crippen LogP contribution in [0.4, 0.5) is 0 Å². The minimum atomic E-state index is -0.0978. The van der Waals surface area contributed by atoms with E-state index in [1.165, 1.54) is 0 Å². The van der Waals surface area contributed by atoms with Crippen LogP contribution in [0.15, 0.2) is 0 Å². The summed E-state index contributed by atoms with van der Waals surface area (Å²) in [7, 11) is 0. The molecule has 0 bridgehead atoms. The summed E-state index contributed by atoms with van der Waals surface area (Å²) in [5.41, 5.74) is 5.80. The number of carbonyl (C=O) groups is 1. The van der Waals surface area contributed by atoms with E-state index in [0.717, 1.165) is 25.7 Å². The van der Waals surface area contributed by atoms with E-state index >= 15 is 0 Å². The second kappa shape index (κ2) is 4.61. The first-order valence-corrected chi connectivity index (χ1v) is 5.11. The topological polar surface area (TPSA) is 52.3 Å². The highest BCUT2D eigenvalue weighted by atomic mass is 16.5. The number of rotatable bonds is 3. The van der Waals surface area contributed by atoms with E-state index < -0.39 is 0 Å². The van der Waals surface area contributed by atoms with E-state index in [1.54, 1.807) is 0 Å². The molecule has 0 amide bonds. The highest BCUT2D eigenvalue weighted by molar-refractivity contribution is 5.73. The fraction of sp³-hybridized carbons (Fsp3) is 0.900. The SMILES string of the molecule is CCC(C)OC(=O)C1CCCC1N. The highest BCUT2D eigenvalue weighted by Crippen LogP contribution is 2.25. The Hall–Kier alpha value is -0.570. The molecule has 0 radical (unpaired) electrons. The molecule has 0 aromatic heterocycles. The maximum atomic E-state index is 11.5. The van der Waals surface area contributed by atoms with Gasteiger partial charge in [-0.25, -0.2) is 0 Å². The lowest BCUT2D eigenvalue weighted by molar-refractivity contribution is -0.153. The van der Waals surface area contributed by atoms with Gasteiger partial charge < -0.3 is 10.5 Å². The zero-order valence-electron chi connectivity index (χ0n) is 8.45. The summed E-state index contributed by atoms with van der Waals surface area (Å²) in [4.78, 5) is 11.5. The summed E-state index contributed by atoms with van der Waals surface area (Å²) in [6.45, 7) is 3.92. The molecule has 3 heteroatoms. The molecule has 76 valence electrons. The summed E-state index contributed by atoms with van der Waals surface area (Å²) in [5, 5.41) is 0. The molecule has 1 rings (SSSR count). The molecule has 13 heavy (non-hydrogen) atoms. The quantitative estimate of drug-likeness (QED) is 0.677. The number of ether oxygens (including phenoxy) is 1. The predicted octanol–water partition coefficient (Wildman–Crippen LogP) is 1.46. The van der Waals surface area contributed by atoms with Crippen molar-refractivity contribution in [2.75, 3.05) is 0 Å². The van der Waals surface area contributed by atoms with Gasteiger partial charge in [-0.15, -0.1) is 0 Å². The van der Waals surface area contributed by atoms with E-state index in [9.17, 15) is 4.79 Å². The van der Waals surface area contributed by atoms with Gasteiger partial charge in [-0.3, -0.25) is 4.79 Å². The van der Waals surface area contributed by atoms with Gasteiger partial charge in [-0.1, -0.05) is 13.3 Å². The lowest BCUT2D eigenvalue weighted by Gasteiger charge is -2.17. The third-order valence-corrected chi connectivity index (χ3v) is 2.76. The molecule has 0 spiro atoms. The number of carbonyl (C=O) groups excluding carboxylic acids is 1. The molecule has 3 unspecified atom stereocenters. The van der Waals surface area contributed by atoms with Crippen molar-refractivity contribution in [1.82, 2.24) is 0 Å². The Morgan fingerprint density at radius 1 is 1.62 bits per heavy atom. The van der Waals surface area contributed by atoms with Crippen molar-refractivity contribution in [2.45, 2.75) is 51.7 Å². The van der Waals surface area contributed by atoms with Crippen LogP contribution in [-0.2, 0) is 9.53 Å². The van der Waals surface area contributed by atoms with Crippen LogP contribution in [0.3, 0.4) is 0 Å². The molecule has 3 nitrogen and oxygen atoms in total. The molecule has 2 N–H and O–H groups in total. The van der Waals surface area contributed by atoms with Crippen LogP contribution in [0.5, 0.6) is 0 Å². The smallest absolute Gasteiger partial charge is 0.310 e. The number of hydrogen-bond acceptors (Lipinski definition) is 3. The van der Waals surface area contributed by atoms with Crippen molar-refractivity contribution in [1.29, 1.82) is 0 Å². The number of esters is 1. The first-order chi connectivity index (χ1) is 6.15. The lowest BCUT2D eigenvalue weighted by Crippen LogP contribution is -2.33. The summed E-state index contributed by atoms with van der Waals surface area (Å²) < 4.78 is 5.23. The van der Waals surface area contributed by atoms with E-state index in [-0.39, 0.29) is 24.0 Å². The van der Waals surface area contributed by atoms with Crippen molar-refractivity contribution >= 4 is 5.97 Å². The summed E-state index contributed by atoms with van der Waals surface area (Å²) >= 11 is 0. The molecule has 1 aliphatic carbocycles. The zero-order chi connectivity index (χ0) is 9.84. The third kappa shape index (κ3) is 2.69. The Bertz CT molecular complexity index is 182. The largest absolute Gasteiger partial charge is 0.462 e. The van der Waals surface area contributed by atoms with Crippen molar-refractivity contribution in [3.63, 3.8) is 0 Å². The Morgan fingerprint density at radius 3 is 2.77 bits per heavy atom. The van der Waals surface area contributed by atoms with Crippen molar-refractivity contribution in [3.05, 3.63) is 0 Å². The average molecular weight is 185 g/mol. The van der Waals surface area contributed by atoms with E-state index in [2.05, 4.69) is 0 Å². The average Bonchev–Trinajstić information content (AvgIpc) is 2.51. The molecule has 0 aliphatic heterocycles. The Labute approximate surface area is 79.6 Å². The number of hydrogen-bond donors (Lipinski definition) is 1. The van der Waals surface area contributed by atoms with Gasteiger partial charge >= 0.3 is 5.97 Å². The van der Waals surface area contributed by atoms with Crippen LogP contribution in [0.2, 0.25) is 0 Å². The normalized spacial score (nSPS) is 30.1. The molecule has 1 aliphatic rings. The standard InChI is InChI=1S/C10H19NO2/c1-3-7(2)13-10(12)8-5-4-6-9(8)11/h7-9H,3-6,11H2,1-2H3. The minimum absolute atomic E-state index is 0.0246. The molecular weight excluding hydrogens is 166 g/mol. The van der Waals surface area contributed by atoms with Gasteiger partial charge in [0.1, 0.15) is 0 Å². The van der Waals surface area contributed by atoms with E-state index in [1.807, 2.05) is 13.8 Å². The van der Waals surface area contributed by atoms with Crippen LogP contribution in [0.1, 0.15) is 39.5 Å². The van der Waals surface area contributed by atoms with Crippen LogP contribution >= 0.6 is 0 Å². The Balaban J connectivity index is 2.38. The van der Waals surface area contributed by atoms with Gasteiger partial charge in [0.05, 0.1) is 12.0 Å². The van der Waals surface area contributed by atoms with Crippen molar-refractivity contribution in [3.8, 4) is 0 Å².